The lowest BCUT2D eigenvalue weighted by Gasteiger charge is -2.33. The van der Waals surface area contributed by atoms with Crippen LogP contribution in [-0.4, -0.2) is 30.2 Å². The predicted octanol–water partition coefficient (Wildman–Crippen LogP) is 2.03. The van der Waals surface area contributed by atoms with Crippen molar-refractivity contribution in [2.45, 2.75) is 45.6 Å². The van der Waals surface area contributed by atoms with Crippen molar-refractivity contribution in [1.82, 2.24) is 5.32 Å². The number of hydrogen-bond acceptors (Lipinski definition) is 3. The number of nitrogens with one attached hydrogen (secondary N) is 1. The van der Waals surface area contributed by atoms with E-state index in [0.29, 0.717) is 13.0 Å². The molecule has 2 atom stereocenters. The normalized spacial score (nSPS) is 14.5. The molecular weight excluding hydrogens is 264 g/mol. The summed E-state index contributed by atoms with van der Waals surface area (Å²) in [5.41, 5.74) is 6.63. The Kier molecular flexibility index (Phi) is 6.85. The van der Waals surface area contributed by atoms with Gasteiger partial charge in [-0.2, -0.15) is 0 Å². The van der Waals surface area contributed by atoms with Gasteiger partial charge in [0.15, 0.2) is 0 Å². The minimum absolute atomic E-state index is 0.0430. The lowest BCUT2D eigenvalue weighted by Crippen LogP contribution is -2.44. The largest absolute Gasteiger partial charge is 0.396 e. The molecule has 0 aliphatic rings. The van der Waals surface area contributed by atoms with Crippen LogP contribution in [0.25, 0.3) is 0 Å². The molecule has 0 bridgehead atoms. The molecule has 0 radical (unpaired) electrons. The van der Waals surface area contributed by atoms with Crippen molar-refractivity contribution in [3.63, 3.8) is 0 Å². The summed E-state index contributed by atoms with van der Waals surface area (Å²) in [6.07, 6.45) is 1.57. The Hall–Kier alpha value is -1.39. The molecule has 0 fully saturated rings. The summed E-state index contributed by atoms with van der Waals surface area (Å²) in [7, 11) is 0. The Morgan fingerprint density at radius 2 is 1.95 bits per heavy atom. The third-order valence-electron chi connectivity index (χ3n) is 3.97. The van der Waals surface area contributed by atoms with Crippen LogP contribution in [-0.2, 0) is 4.79 Å². The average Bonchev–Trinajstić information content (AvgIpc) is 2.48. The molecule has 0 saturated carbocycles. The van der Waals surface area contributed by atoms with E-state index in [9.17, 15) is 9.90 Å². The van der Waals surface area contributed by atoms with Crippen LogP contribution in [0.5, 0.6) is 0 Å². The zero-order valence-electron chi connectivity index (χ0n) is 13.3. The van der Waals surface area contributed by atoms with Crippen molar-refractivity contribution >= 4 is 5.91 Å². The van der Waals surface area contributed by atoms with Gasteiger partial charge in [-0.1, -0.05) is 57.5 Å². The maximum Gasteiger partial charge on any atom is 0.236 e. The highest BCUT2D eigenvalue weighted by Crippen LogP contribution is 2.34. The van der Waals surface area contributed by atoms with Gasteiger partial charge in [0.25, 0.3) is 0 Å². The van der Waals surface area contributed by atoms with Crippen LogP contribution < -0.4 is 11.1 Å². The van der Waals surface area contributed by atoms with Gasteiger partial charge in [-0.25, -0.2) is 0 Å². The van der Waals surface area contributed by atoms with Crippen LogP contribution in [0.3, 0.4) is 0 Å². The number of aliphatic hydroxyl groups is 1. The van der Waals surface area contributed by atoms with E-state index >= 15 is 0 Å². The number of benzene rings is 1. The number of nitrogens with two attached hydrogens (primary N) is 1. The van der Waals surface area contributed by atoms with Gasteiger partial charge >= 0.3 is 0 Å². The highest BCUT2D eigenvalue weighted by molar-refractivity contribution is 5.81. The molecule has 0 saturated heterocycles. The van der Waals surface area contributed by atoms with Gasteiger partial charge in [0.2, 0.25) is 5.91 Å². The lowest BCUT2D eigenvalue weighted by atomic mass is 9.75. The smallest absolute Gasteiger partial charge is 0.236 e. The molecular formula is C17H28N2O2. The molecule has 118 valence electrons. The molecule has 4 heteroatoms. The second-order valence-electron chi connectivity index (χ2n) is 6.25. The van der Waals surface area contributed by atoms with E-state index in [0.717, 1.165) is 12.0 Å². The van der Waals surface area contributed by atoms with Gasteiger partial charge in [0.1, 0.15) is 0 Å². The van der Waals surface area contributed by atoms with E-state index < -0.39 is 6.04 Å². The minimum Gasteiger partial charge on any atom is -0.396 e. The maximum atomic E-state index is 12.0. The van der Waals surface area contributed by atoms with E-state index in [4.69, 9.17) is 5.73 Å². The van der Waals surface area contributed by atoms with Crippen LogP contribution in [0.2, 0.25) is 0 Å². The second-order valence-corrected chi connectivity index (χ2v) is 6.25. The fraction of sp³-hybridized carbons (Fsp3) is 0.588. The van der Waals surface area contributed by atoms with Crippen molar-refractivity contribution < 1.29 is 9.90 Å². The molecule has 21 heavy (non-hydrogen) atoms. The quantitative estimate of drug-likeness (QED) is 0.686. The molecule has 0 aromatic heterocycles. The van der Waals surface area contributed by atoms with Crippen molar-refractivity contribution in [2.24, 2.45) is 11.1 Å². The topological polar surface area (TPSA) is 75.4 Å². The van der Waals surface area contributed by atoms with Crippen LogP contribution in [0, 0.1) is 5.41 Å². The van der Waals surface area contributed by atoms with Crippen LogP contribution in [0.1, 0.15) is 45.1 Å². The molecule has 0 aliphatic heterocycles. The zero-order chi connectivity index (χ0) is 15.9. The molecule has 4 N–H and O–H groups in total. The highest BCUT2D eigenvalue weighted by Gasteiger charge is 2.30. The highest BCUT2D eigenvalue weighted by atomic mass is 16.3. The third-order valence-corrected chi connectivity index (χ3v) is 3.97. The van der Waals surface area contributed by atoms with E-state index in [1.807, 2.05) is 51.1 Å². The Morgan fingerprint density at radius 1 is 1.33 bits per heavy atom. The predicted molar refractivity (Wildman–Crippen MR) is 85.9 cm³/mol. The summed E-state index contributed by atoms with van der Waals surface area (Å²) in [6.45, 7) is 6.55. The first-order chi connectivity index (χ1) is 9.92. The zero-order valence-corrected chi connectivity index (χ0v) is 13.3. The van der Waals surface area contributed by atoms with Crippen molar-refractivity contribution in [1.29, 1.82) is 0 Å². The molecule has 1 rings (SSSR count). The van der Waals surface area contributed by atoms with Gasteiger partial charge in [-0.15, -0.1) is 0 Å². The Balaban J connectivity index is 2.78. The van der Waals surface area contributed by atoms with E-state index in [2.05, 4.69) is 5.32 Å². The van der Waals surface area contributed by atoms with Gasteiger partial charge in [0, 0.05) is 19.1 Å². The number of carbonyl (C=O) groups excluding carboxylic acids is 1. The Bertz CT molecular complexity index is 432. The standard InChI is InChI=1S/C17H28N2O2/c1-4-8-15(18)16(21)19-11-14(17(2,3)12-20)13-9-6-5-7-10-13/h5-7,9-10,14-15,20H,4,8,11-12,18H2,1-3H3,(H,19,21). The van der Waals surface area contributed by atoms with Crippen LogP contribution in [0.4, 0.5) is 0 Å². The maximum absolute atomic E-state index is 12.0. The van der Waals surface area contributed by atoms with E-state index in [-0.39, 0.29) is 23.8 Å². The van der Waals surface area contributed by atoms with Crippen molar-refractivity contribution in [3.05, 3.63) is 35.9 Å². The summed E-state index contributed by atoms with van der Waals surface area (Å²) in [4.78, 5) is 12.0. The molecule has 1 amide bonds. The SMILES string of the molecule is CCCC(N)C(=O)NCC(c1ccccc1)C(C)(C)CO. The van der Waals surface area contributed by atoms with Gasteiger partial charge in [-0.3, -0.25) is 4.79 Å². The number of rotatable bonds is 8. The first-order valence-corrected chi connectivity index (χ1v) is 7.61. The Labute approximate surface area is 127 Å². The molecule has 0 heterocycles. The summed E-state index contributed by atoms with van der Waals surface area (Å²) in [6, 6.07) is 9.51. The molecule has 4 nitrogen and oxygen atoms in total. The first kappa shape index (κ1) is 17.7. The molecule has 0 spiro atoms. The van der Waals surface area contributed by atoms with Crippen LogP contribution in [0.15, 0.2) is 30.3 Å². The fourth-order valence-corrected chi connectivity index (χ4v) is 2.42. The lowest BCUT2D eigenvalue weighted by molar-refractivity contribution is -0.122. The fourth-order valence-electron chi connectivity index (χ4n) is 2.42. The van der Waals surface area contributed by atoms with E-state index in [1.54, 1.807) is 0 Å². The summed E-state index contributed by atoms with van der Waals surface area (Å²) < 4.78 is 0. The Morgan fingerprint density at radius 3 is 2.48 bits per heavy atom. The molecule has 1 aromatic rings. The van der Waals surface area contributed by atoms with Crippen molar-refractivity contribution in [3.8, 4) is 0 Å². The van der Waals surface area contributed by atoms with E-state index in [1.165, 1.54) is 0 Å². The number of hydrogen-bond donors (Lipinski definition) is 3. The number of aliphatic hydroxyl groups excluding tert-OH is 1. The number of amides is 1. The summed E-state index contributed by atoms with van der Waals surface area (Å²) in [5, 5.41) is 12.6. The van der Waals surface area contributed by atoms with Gasteiger partial charge in [-0.05, 0) is 17.4 Å². The summed E-state index contributed by atoms with van der Waals surface area (Å²) >= 11 is 0. The molecule has 0 aliphatic carbocycles. The monoisotopic (exact) mass is 292 g/mol. The van der Waals surface area contributed by atoms with Gasteiger partial charge < -0.3 is 16.2 Å². The minimum atomic E-state index is -0.455. The average molecular weight is 292 g/mol. The molecule has 2 unspecified atom stereocenters. The third kappa shape index (κ3) is 5.14. The van der Waals surface area contributed by atoms with Gasteiger partial charge in [0.05, 0.1) is 6.04 Å². The molecule has 1 aromatic carbocycles. The second kappa shape index (κ2) is 8.15. The van der Waals surface area contributed by atoms with Crippen molar-refractivity contribution in [2.75, 3.05) is 13.2 Å². The number of carbonyl (C=O) groups is 1. The van der Waals surface area contributed by atoms with Crippen LogP contribution >= 0.6 is 0 Å². The summed E-state index contributed by atoms with van der Waals surface area (Å²) in [5.74, 6) is -0.0759. The first-order valence-electron chi connectivity index (χ1n) is 7.61.